The van der Waals surface area contributed by atoms with Crippen molar-refractivity contribution in [3.63, 3.8) is 0 Å². The van der Waals surface area contributed by atoms with Crippen molar-refractivity contribution in [3.05, 3.63) is 29.3 Å². The van der Waals surface area contributed by atoms with E-state index in [2.05, 4.69) is 15.6 Å². The van der Waals surface area contributed by atoms with Crippen LogP contribution in [0.4, 0.5) is 0 Å². The molecule has 0 heterocycles. The maximum absolute atomic E-state index is 12.0. The van der Waals surface area contributed by atoms with Crippen LogP contribution in [0.5, 0.6) is 5.75 Å². The van der Waals surface area contributed by atoms with Gasteiger partial charge in [-0.1, -0.05) is 31.0 Å². The molecule has 1 aliphatic rings. The van der Waals surface area contributed by atoms with Crippen molar-refractivity contribution >= 4 is 28.4 Å². The molecular formula is C18H28ClN3O2S. The fourth-order valence-corrected chi connectivity index (χ4v) is 4.56. The summed E-state index contributed by atoms with van der Waals surface area (Å²) in [4.78, 5) is 4.27. The van der Waals surface area contributed by atoms with Crippen molar-refractivity contribution in [1.82, 2.24) is 10.6 Å². The highest BCUT2D eigenvalue weighted by Gasteiger charge is 2.25. The second kappa shape index (κ2) is 10.7. The molecule has 3 unspecified atom stereocenters. The minimum atomic E-state index is -0.712. The fourth-order valence-electron chi connectivity index (χ4n) is 3.03. The van der Waals surface area contributed by atoms with Crippen molar-refractivity contribution in [2.24, 2.45) is 4.99 Å². The molecule has 2 rings (SSSR count). The Morgan fingerprint density at radius 1 is 1.44 bits per heavy atom. The third-order valence-electron chi connectivity index (χ3n) is 4.31. The van der Waals surface area contributed by atoms with E-state index >= 15 is 0 Å². The zero-order valence-electron chi connectivity index (χ0n) is 15.0. The zero-order valence-corrected chi connectivity index (χ0v) is 16.5. The molecule has 1 aromatic rings. The number of nitrogens with one attached hydrogen (secondary N) is 2. The average molecular weight is 386 g/mol. The van der Waals surface area contributed by atoms with Crippen LogP contribution in [0.1, 0.15) is 32.6 Å². The van der Waals surface area contributed by atoms with E-state index in [0.29, 0.717) is 29.5 Å². The third kappa shape index (κ3) is 6.86. The summed E-state index contributed by atoms with van der Waals surface area (Å²) < 4.78 is 17.7. The monoisotopic (exact) mass is 385 g/mol. The summed E-state index contributed by atoms with van der Waals surface area (Å²) in [5.41, 5.74) is 0. The molecule has 1 aliphatic carbocycles. The SMILES string of the molecule is CCS(=O)C1CCCC(NC(=NC)NCCOc2cccc(Cl)c2)C1. The first-order valence-electron chi connectivity index (χ1n) is 8.85. The number of ether oxygens (including phenoxy) is 1. The number of rotatable bonds is 7. The molecular weight excluding hydrogens is 358 g/mol. The van der Waals surface area contributed by atoms with E-state index in [4.69, 9.17) is 16.3 Å². The molecule has 0 amide bonds. The Bertz CT molecular complexity index is 597. The lowest BCUT2D eigenvalue weighted by Gasteiger charge is -2.30. The summed E-state index contributed by atoms with van der Waals surface area (Å²) in [5.74, 6) is 2.27. The molecule has 1 aromatic carbocycles. The topological polar surface area (TPSA) is 62.7 Å². The molecule has 1 fully saturated rings. The summed E-state index contributed by atoms with van der Waals surface area (Å²) in [5, 5.41) is 7.69. The lowest BCUT2D eigenvalue weighted by molar-refractivity contribution is 0.321. The van der Waals surface area contributed by atoms with Gasteiger partial charge in [-0.25, -0.2) is 0 Å². The normalized spacial score (nSPS) is 22.3. The van der Waals surface area contributed by atoms with Gasteiger partial charge in [-0.15, -0.1) is 0 Å². The second-order valence-corrected chi connectivity index (χ2v) is 8.55. The van der Waals surface area contributed by atoms with Gasteiger partial charge in [0.25, 0.3) is 0 Å². The largest absolute Gasteiger partial charge is 0.492 e. The van der Waals surface area contributed by atoms with E-state index in [1.165, 1.54) is 0 Å². The maximum atomic E-state index is 12.0. The van der Waals surface area contributed by atoms with Crippen molar-refractivity contribution in [1.29, 1.82) is 0 Å². The Hall–Kier alpha value is -1.27. The molecule has 3 atom stereocenters. The average Bonchev–Trinajstić information content (AvgIpc) is 2.63. The molecule has 25 heavy (non-hydrogen) atoms. The zero-order chi connectivity index (χ0) is 18.1. The van der Waals surface area contributed by atoms with Crippen LogP contribution in [0.2, 0.25) is 5.02 Å². The van der Waals surface area contributed by atoms with Crippen LogP contribution in [-0.4, -0.2) is 47.4 Å². The summed E-state index contributed by atoms with van der Waals surface area (Å²) in [7, 11) is 1.05. The highest BCUT2D eigenvalue weighted by molar-refractivity contribution is 7.85. The molecule has 0 saturated heterocycles. The number of guanidine groups is 1. The van der Waals surface area contributed by atoms with Gasteiger partial charge in [-0.05, 0) is 37.5 Å². The molecule has 0 radical (unpaired) electrons. The number of hydrogen-bond acceptors (Lipinski definition) is 3. The van der Waals surface area contributed by atoms with Crippen LogP contribution in [-0.2, 0) is 10.8 Å². The van der Waals surface area contributed by atoms with E-state index in [0.717, 1.165) is 43.1 Å². The molecule has 5 nitrogen and oxygen atoms in total. The number of aliphatic imine (C=N–C) groups is 1. The summed E-state index contributed by atoms with van der Waals surface area (Å²) >= 11 is 5.94. The number of nitrogens with zero attached hydrogens (tertiary/aromatic N) is 1. The van der Waals surface area contributed by atoms with Crippen LogP contribution in [0.15, 0.2) is 29.3 Å². The van der Waals surface area contributed by atoms with Gasteiger partial charge < -0.3 is 15.4 Å². The molecule has 7 heteroatoms. The molecule has 0 bridgehead atoms. The number of hydrogen-bond donors (Lipinski definition) is 2. The molecule has 0 aromatic heterocycles. The smallest absolute Gasteiger partial charge is 0.191 e. The van der Waals surface area contributed by atoms with Crippen LogP contribution >= 0.6 is 11.6 Å². The highest BCUT2D eigenvalue weighted by Crippen LogP contribution is 2.23. The van der Waals surface area contributed by atoms with E-state index in [-0.39, 0.29) is 0 Å². The minimum absolute atomic E-state index is 0.306. The lowest BCUT2D eigenvalue weighted by Crippen LogP contribution is -2.47. The summed E-state index contributed by atoms with van der Waals surface area (Å²) in [6.45, 7) is 3.16. The quantitative estimate of drug-likeness (QED) is 0.430. The Kier molecular flexibility index (Phi) is 8.55. The van der Waals surface area contributed by atoms with Crippen LogP contribution in [0, 0.1) is 0 Å². The minimum Gasteiger partial charge on any atom is -0.492 e. The van der Waals surface area contributed by atoms with Crippen molar-refractivity contribution in [3.8, 4) is 5.75 Å². The van der Waals surface area contributed by atoms with Crippen molar-refractivity contribution in [2.45, 2.75) is 43.9 Å². The first-order chi connectivity index (χ1) is 12.1. The molecule has 2 N–H and O–H groups in total. The fraction of sp³-hybridized carbons (Fsp3) is 0.611. The van der Waals surface area contributed by atoms with Crippen molar-refractivity contribution < 1.29 is 8.95 Å². The van der Waals surface area contributed by atoms with E-state index in [1.54, 1.807) is 13.1 Å². The molecule has 0 spiro atoms. The van der Waals surface area contributed by atoms with Gasteiger partial charge >= 0.3 is 0 Å². The molecule has 0 aliphatic heterocycles. The predicted octanol–water partition coefficient (Wildman–Crippen LogP) is 2.96. The van der Waals surface area contributed by atoms with Gasteiger partial charge in [0.2, 0.25) is 0 Å². The first-order valence-corrected chi connectivity index (χ1v) is 10.6. The van der Waals surface area contributed by atoms with Gasteiger partial charge in [0.1, 0.15) is 12.4 Å². The Morgan fingerprint density at radius 2 is 2.28 bits per heavy atom. The van der Waals surface area contributed by atoms with E-state index in [1.807, 2.05) is 25.1 Å². The van der Waals surface area contributed by atoms with Crippen LogP contribution in [0.25, 0.3) is 0 Å². The molecule has 1 saturated carbocycles. The van der Waals surface area contributed by atoms with Crippen LogP contribution < -0.4 is 15.4 Å². The summed E-state index contributed by atoms with van der Waals surface area (Å²) in [6.07, 6.45) is 4.22. The number of halogens is 1. The van der Waals surface area contributed by atoms with Gasteiger partial charge in [0, 0.05) is 39.9 Å². The highest BCUT2D eigenvalue weighted by atomic mass is 35.5. The maximum Gasteiger partial charge on any atom is 0.191 e. The molecule has 140 valence electrons. The standard InChI is InChI=1S/C18H28ClN3O2S/c1-3-25(23)17-9-5-7-15(13-17)22-18(20-2)21-10-11-24-16-8-4-6-14(19)12-16/h4,6,8,12,15,17H,3,5,7,9-11,13H2,1-2H3,(H2,20,21,22). The van der Waals surface area contributed by atoms with Gasteiger partial charge in [0.05, 0.1) is 6.54 Å². The first kappa shape index (κ1) is 20.0. The van der Waals surface area contributed by atoms with E-state index < -0.39 is 10.8 Å². The number of benzene rings is 1. The Labute approximate surface area is 158 Å². The Balaban J connectivity index is 1.72. The van der Waals surface area contributed by atoms with Gasteiger partial charge in [0.15, 0.2) is 5.96 Å². The lowest BCUT2D eigenvalue weighted by atomic mass is 9.95. The van der Waals surface area contributed by atoms with Crippen molar-refractivity contribution in [2.75, 3.05) is 26.0 Å². The third-order valence-corrected chi connectivity index (χ3v) is 6.28. The van der Waals surface area contributed by atoms with E-state index in [9.17, 15) is 4.21 Å². The van der Waals surface area contributed by atoms with Crippen LogP contribution in [0.3, 0.4) is 0 Å². The predicted molar refractivity (Wildman–Crippen MR) is 106 cm³/mol. The van der Waals surface area contributed by atoms with Gasteiger partial charge in [-0.3, -0.25) is 9.20 Å². The van der Waals surface area contributed by atoms with Gasteiger partial charge in [-0.2, -0.15) is 0 Å². The second-order valence-electron chi connectivity index (χ2n) is 6.10. The summed E-state index contributed by atoms with van der Waals surface area (Å²) in [6, 6.07) is 7.70. The Morgan fingerprint density at radius 3 is 3.00 bits per heavy atom.